The molecule has 0 amide bonds. The van der Waals surface area contributed by atoms with Crippen molar-refractivity contribution in [3.05, 3.63) is 24.3 Å². The Hall–Kier alpha value is -1.45. The lowest BCUT2D eigenvalue weighted by Gasteiger charge is -1.86. The highest BCUT2D eigenvalue weighted by Crippen LogP contribution is 1.84. The van der Waals surface area contributed by atoms with Gasteiger partial charge in [0.1, 0.15) is 0 Å². The van der Waals surface area contributed by atoms with E-state index in [4.69, 9.17) is 5.11 Å². The van der Waals surface area contributed by atoms with Gasteiger partial charge in [-0.2, -0.15) is 0 Å². The van der Waals surface area contributed by atoms with E-state index in [-0.39, 0.29) is 5.82 Å². The number of carboxylic acids is 1. The van der Waals surface area contributed by atoms with Gasteiger partial charge in [0.15, 0.2) is 0 Å². The topological polar surface area (TPSA) is 63.1 Å². The molecule has 0 spiro atoms. The van der Waals surface area contributed by atoms with E-state index < -0.39 is 5.97 Å². The molecule has 1 heterocycles. The van der Waals surface area contributed by atoms with Crippen molar-refractivity contribution in [3.63, 3.8) is 0 Å². The van der Waals surface area contributed by atoms with Crippen LogP contribution in [0.2, 0.25) is 0 Å². The Morgan fingerprint density at radius 2 is 1.82 bits per heavy atom. The van der Waals surface area contributed by atoms with Gasteiger partial charge in [0, 0.05) is 12.4 Å². The normalized spacial score (nSPS) is 7.82. The van der Waals surface area contributed by atoms with Crippen molar-refractivity contribution in [1.29, 1.82) is 0 Å². The van der Waals surface area contributed by atoms with Crippen LogP contribution in [0.15, 0.2) is 18.5 Å². The Bertz CT molecular complexity index is 211. The molecular formula is C7H10N2O2. The van der Waals surface area contributed by atoms with E-state index in [1.165, 1.54) is 12.4 Å². The maximum Gasteiger partial charge on any atom is 0.373 e. The molecule has 1 N–H and O–H groups in total. The predicted octanol–water partition coefficient (Wildman–Crippen LogP) is 1.20. The van der Waals surface area contributed by atoms with Crippen LogP contribution in [0.5, 0.6) is 0 Å². The van der Waals surface area contributed by atoms with Gasteiger partial charge >= 0.3 is 5.97 Å². The summed E-state index contributed by atoms with van der Waals surface area (Å²) < 4.78 is 0. The first-order chi connectivity index (χ1) is 5.30. The van der Waals surface area contributed by atoms with Crippen molar-refractivity contribution in [3.8, 4) is 0 Å². The van der Waals surface area contributed by atoms with E-state index in [0.717, 1.165) is 0 Å². The van der Waals surface area contributed by atoms with Crippen molar-refractivity contribution in [2.75, 3.05) is 0 Å². The minimum Gasteiger partial charge on any atom is -0.475 e. The average molecular weight is 154 g/mol. The van der Waals surface area contributed by atoms with Crippen molar-refractivity contribution in [1.82, 2.24) is 9.97 Å². The van der Waals surface area contributed by atoms with Crippen molar-refractivity contribution in [2.45, 2.75) is 13.8 Å². The minimum atomic E-state index is -1.10. The van der Waals surface area contributed by atoms with Gasteiger partial charge in [-0.1, -0.05) is 13.8 Å². The monoisotopic (exact) mass is 154 g/mol. The largest absolute Gasteiger partial charge is 0.475 e. The van der Waals surface area contributed by atoms with E-state index >= 15 is 0 Å². The third kappa shape index (κ3) is 3.30. The lowest BCUT2D eigenvalue weighted by molar-refractivity contribution is 0.0683. The Labute approximate surface area is 64.9 Å². The minimum absolute atomic E-state index is 0.169. The first-order valence-corrected chi connectivity index (χ1v) is 3.31. The summed E-state index contributed by atoms with van der Waals surface area (Å²) in [4.78, 5) is 17.0. The fourth-order valence-electron chi connectivity index (χ4n) is 0.410. The average Bonchev–Trinajstić information content (AvgIpc) is 2.10. The van der Waals surface area contributed by atoms with E-state index in [0.29, 0.717) is 0 Å². The Morgan fingerprint density at radius 3 is 2.09 bits per heavy atom. The molecule has 1 aromatic rings. The van der Waals surface area contributed by atoms with E-state index in [1.54, 1.807) is 6.07 Å². The summed E-state index contributed by atoms with van der Waals surface area (Å²) in [5, 5.41) is 8.26. The number of hydrogen-bond donors (Lipinski definition) is 1. The lowest BCUT2D eigenvalue weighted by atomic mass is 10.6. The molecule has 0 saturated heterocycles. The fourth-order valence-corrected chi connectivity index (χ4v) is 0.410. The molecule has 60 valence electrons. The molecule has 0 bridgehead atoms. The molecule has 4 nitrogen and oxygen atoms in total. The molecular weight excluding hydrogens is 144 g/mol. The summed E-state index contributed by atoms with van der Waals surface area (Å²) in [6.45, 7) is 4.00. The summed E-state index contributed by atoms with van der Waals surface area (Å²) in [5.74, 6) is -1.27. The number of nitrogens with zero attached hydrogens (tertiary/aromatic N) is 2. The predicted molar refractivity (Wildman–Crippen MR) is 40.3 cm³/mol. The van der Waals surface area contributed by atoms with Gasteiger partial charge in [-0.05, 0) is 6.07 Å². The van der Waals surface area contributed by atoms with Crippen LogP contribution in [0.4, 0.5) is 0 Å². The van der Waals surface area contributed by atoms with Crippen LogP contribution in [-0.4, -0.2) is 21.0 Å². The van der Waals surface area contributed by atoms with Crippen LogP contribution in [0, 0.1) is 0 Å². The molecule has 0 aliphatic heterocycles. The smallest absolute Gasteiger partial charge is 0.373 e. The van der Waals surface area contributed by atoms with Crippen molar-refractivity contribution in [2.24, 2.45) is 0 Å². The highest BCUT2D eigenvalue weighted by Gasteiger charge is 2.01. The highest BCUT2D eigenvalue weighted by molar-refractivity contribution is 5.82. The van der Waals surface area contributed by atoms with Crippen LogP contribution in [0.1, 0.15) is 24.5 Å². The van der Waals surface area contributed by atoms with Crippen LogP contribution in [-0.2, 0) is 0 Å². The second-order valence-electron chi connectivity index (χ2n) is 1.38. The summed E-state index contributed by atoms with van der Waals surface area (Å²) >= 11 is 0. The Balaban J connectivity index is 0.000000461. The van der Waals surface area contributed by atoms with Crippen LogP contribution >= 0.6 is 0 Å². The molecule has 0 aliphatic rings. The maximum atomic E-state index is 10.1. The molecule has 4 heteroatoms. The first-order valence-electron chi connectivity index (χ1n) is 3.31. The number of aromatic nitrogens is 2. The fraction of sp³-hybridized carbons (Fsp3) is 0.286. The summed E-state index contributed by atoms with van der Waals surface area (Å²) in [7, 11) is 0. The molecule has 0 aliphatic carbocycles. The SMILES string of the molecule is CC.O=C(O)c1ncccn1. The van der Waals surface area contributed by atoms with Gasteiger partial charge in [-0.25, -0.2) is 14.8 Å². The van der Waals surface area contributed by atoms with Gasteiger partial charge in [0.2, 0.25) is 5.82 Å². The van der Waals surface area contributed by atoms with E-state index in [2.05, 4.69) is 9.97 Å². The molecule has 0 saturated carbocycles. The zero-order valence-corrected chi connectivity index (χ0v) is 6.48. The number of hydrogen-bond acceptors (Lipinski definition) is 3. The number of carboxylic acid groups (broad SMARTS) is 1. The van der Waals surface area contributed by atoms with Crippen LogP contribution in [0.3, 0.4) is 0 Å². The van der Waals surface area contributed by atoms with Gasteiger partial charge in [-0.15, -0.1) is 0 Å². The first kappa shape index (κ1) is 9.55. The summed E-state index contributed by atoms with van der Waals surface area (Å²) in [6, 6.07) is 1.56. The zero-order valence-electron chi connectivity index (χ0n) is 6.48. The molecule has 0 fully saturated rings. The van der Waals surface area contributed by atoms with Gasteiger partial charge in [0.05, 0.1) is 0 Å². The summed E-state index contributed by atoms with van der Waals surface area (Å²) in [5.41, 5.74) is 0. The summed E-state index contributed by atoms with van der Waals surface area (Å²) in [6.07, 6.45) is 2.77. The van der Waals surface area contributed by atoms with Gasteiger partial charge in [0.25, 0.3) is 0 Å². The standard InChI is InChI=1S/C5H4N2O2.C2H6/c8-5(9)4-6-2-1-3-7-4;1-2/h1-3H,(H,8,9);1-2H3. The van der Waals surface area contributed by atoms with E-state index in [9.17, 15) is 4.79 Å². The molecule has 1 aromatic heterocycles. The highest BCUT2D eigenvalue weighted by atomic mass is 16.4. The quantitative estimate of drug-likeness (QED) is 0.660. The lowest BCUT2D eigenvalue weighted by Crippen LogP contribution is -2.01. The number of rotatable bonds is 1. The third-order valence-corrected chi connectivity index (χ3v) is 0.757. The van der Waals surface area contributed by atoms with Crippen LogP contribution in [0.25, 0.3) is 0 Å². The van der Waals surface area contributed by atoms with E-state index in [1.807, 2.05) is 13.8 Å². The molecule has 11 heavy (non-hydrogen) atoms. The second kappa shape index (κ2) is 5.34. The third-order valence-electron chi connectivity index (χ3n) is 0.757. The number of carbonyl (C=O) groups is 1. The molecule has 1 rings (SSSR count). The second-order valence-corrected chi connectivity index (χ2v) is 1.38. The van der Waals surface area contributed by atoms with Crippen LogP contribution < -0.4 is 0 Å². The Morgan fingerprint density at radius 1 is 1.36 bits per heavy atom. The molecule has 0 radical (unpaired) electrons. The molecule has 0 aromatic carbocycles. The van der Waals surface area contributed by atoms with Gasteiger partial charge < -0.3 is 5.11 Å². The zero-order chi connectivity index (χ0) is 8.69. The van der Waals surface area contributed by atoms with Crippen molar-refractivity contribution < 1.29 is 9.90 Å². The Kier molecular flexibility index (Phi) is 4.64. The maximum absolute atomic E-state index is 10.1. The molecule has 0 unspecified atom stereocenters. The van der Waals surface area contributed by atoms with Gasteiger partial charge in [-0.3, -0.25) is 0 Å². The number of aromatic carboxylic acids is 1. The van der Waals surface area contributed by atoms with Crippen molar-refractivity contribution >= 4 is 5.97 Å². The molecule has 0 atom stereocenters.